The van der Waals surface area contributed by atoms with E-state index in [4.69, 9.17) is 15.8 Å². The summed E-state index contributed by atoms with van der Waals surface area (Å²) < 4.78 is 0. The largest absolute Gasteiger partial charge is 0.344 e. The van der Waals surface area contributed by atoms with Crippen molar-refractivity contribution in [2.45, 2.75) is 11.8 Å². The molecule has 5 heteroatoms. The van der Waals surface area contributed by atoms with Gasteiger partial charge in [-0.1, -0.05) is 19.1 Å². The van der Waals surface area contributed by atoms with Gasteiger partial charge in [-0.15, -0.1) is 11.8 Å². The van der Waals surface area contributed by atoms with E-state index in [1.165, 1.54) is 0 Å². The fourth-order valence-corrected chi connectivity index (χ4v) is 2.03. The first-order valence-corrected chi connectivity index (χ1v) is 6.18. The van der Waals surface area contributed by atoms with Crippen LogP contribution in [0.4, 0.5) is 5.69 Å². The molecule has 0 bridgehead atoms. The Morgan fingerprint density at radius 2 is 1.83 bits per heavy atom. The summed E-state index contributed by atoms with van der Waals surface area (Å²) in [6.07, 6.45) is 0. The first-order valence-electron chi connectivity index (χ1n) is 5.20. The molecule has 1 rings (SSSR count). The molecule has 0 radical (unpaired) electrons. The standard InChI is InChI=1S/C13H10N4S/c1-2-18-13-6-4-3-5-11(13)17-12(9-16)10(7-14)8-15/h3-6,17H,2H2,1H3. The lowest BCUT2D eigenvalue weighted by molar-refractivity contribution is 1.33. The number of allylic oxidation sites excluding steroid dienone is 2. The maximum absolute atomic E-state index is 8.96. The second kappa shape index (κ2) is 7.01. The second-order valence-corrected chi connectivity index (χ2v) is 4.45. The van der Waals surface area contributed by atoms with E-state index in [0.29, 0.717) is 0 Å². The highest BCUT2D eigenvalue weighted by Crippen LogP contribution is 2.27. The van der Waals surface area contributed by atoms with Crippen LogP contribution in [0.25, 0.3) is 0 Å². The zero-order valence-corrected chi connectivity index (χ0v) is 10.6. The van der Waals surface area contributed by atoms with Crippen LogP contribution in [0, 0.1) is 34.0 Å². The topological polar surface area (TPSA) is 83.4 Å². The summed E-state index contributed by atoms with van der Waals surface area (Å²) in [5.41, 5.74) is 0.488. The monoisotopic (exact) mass is 254 g/mol. The highest BCUT2D eigenvalue weighted by atomic mass is 32.2. The normalized spacial score (nSPS) is 8.56. The van der Waals surface area contributed by atoms with Gasteiger partial charge in [0.15, 0.2) is 5.57 Å². The summed E-state index contributed by atoms with van der Waals surface area (Å²) in [6, 6.07) is 12.7. The predicted molar refractivity (Wildman–Crippen MR) is 70.3 cm³/mol. The fraction of sp³-hybridized carbons (Fsp3) is 0.154. The molecule has 1 aromatic rings. The Morgan fingerprint density at radius 1 is 1.17 bits per heavy atom. The lowest BCUT2D eigenvalue weighted by Gasteiger charge is -2.09. The van der Waals surface area contributed by atoms with Crippen LogP contribution in [0.1, 0.15) is 6.92 Å². The smallest absolute Gasteiger partial charge is 0.163 e. The summed E-state index contributed by atoms with van der Waals surface area (Å²) in [4.78, 5) is 0.975. The summed E-state index contributed by atoms with van der Waals surface area (Å²) in [7, 11) is 0. The summed E-state index contributed by atoms with van der Waals surface area (Å²) in [5, 5.41) is 29.3. The van der Waals surface area contributed by atoms with Crippen molar-refractivity contribution in [3.05, 3.63) is 35.5 Å². The van der Waals surface area contributed by atoms with E-state index in [-0.39, 0.29) is 11.3 Å². The molecule has 0 fully saturated rings. The second-order valence-electron chi connectivity index (χ2n) is 3.14. The van der Waals surface area contributed by atoms with Crippen molar-refractivity contribution in [1.82, 2.24) is 0 Å². The lowest BCUT2D eigenvalue weighted by atomic mass is 10.2. The van der Waals surface area contributed by atoms with Crippen LogP contribution in [-0.4, -0.2) is 5.75 Å². The molecule has 1 aromatic carbocycles. The molecular formula is C13H10N4S. The summed E-state index contributed by atoms with van der Waals surface area (Å²) in [5.74, 6) is 0.896. The molecule has 0 unspecified atom stereocenters. The number of nitrogens with zero attached hydrogens (tertiary/aromatic N) is 3. The summed E-state index contributed by atoms with van der Waals surface area (Å²) in [6.45, 7) is 2.03. The summed E-state index contributed by atoms with van der Waals surface area (Å²) >= 11 is 1.62. The Kier molecular flexibility index (Phi) is 5.32. The van der Waals surface area contributed by atoms with Crippen LogP contribution >= 0.6 is 11.8 Å². The van der Waals surface area contributed by atoms with E-state index in [1.54, 1.807) is 23.9 Å². The van der Waals surface area contributed by atoms with Crippen molar-refractivity contribution in [3.63, 3.8) is 0 Å². The lowest BCUT2D eigenvalue weighted by Crippen LogP contribution is -2.01. The number of hydrogen-bond acceptors (Lipinski definition) is 5. The average molecular weight is 254 g/mol. The van der Waals surface area contributed by atoms with E-state index in [0.717, 1.165) is 16.3 Å². The number of thioether (sulfide) groups is 1. The third-order valence-corrected chi connectivity index (χ3v) is 2.99. The SMILES string of the molecule is CCSc1ccccc1NC(C#N)=C(C#N)C#N. The van der Waals surface area contributed by atoms with Crippen LogP contribution in [0.2, 0.25) is 0 Å². The first kappa shape index (κ1) is 13.6. The third-order valence-electron chi connectivity index (χ3n) is 2.03. The molecule has 0 atom stereocenters. The molecule has 88 valence electrons. The van der Waals surface area contributed by atoms with Crippen LogP contribution in [0.5, 0.6) is 0 Å². The van der Waals surface area contributed by atoms with Crippen molar-refractivity contribution in [2.24, 2.45) is 0 Å². The molecule has 4 nitrogen and oxygen atoms in total. The minimum absolute atomic E-state index is 0.0239. The van der Waals surface area contributed by atoms with Gasteiger partial charge in [0.05, 0.1) is 5.69 Å². The van der Waals surface area contributed by atoms with Crippen molar-refractivity contribution < 1.29 is 0 Å². The van der Waals surface area contributed by atoms with Gasteiger partial charge in [-0.05, 0) is 17.9 Å². The van der Waals surface area contributed by atoms with Crippen LogP contribution in [0.15, 0.2) is 40.4 Å². The van der Waals surface area contributed by atoms with E-state index >= 15 is 0 Å². The number of nitrogens with one attached hydrogen (secondary N) is 1. The van der Waals surface area contributed by atoms with Gasteiger partial charge in [0, 0.05) is 4.90 Å². The van der Waals surface area contributed by atoms with Crippen molar-refractivity contribution in [3.8, 4) is 18.2 Å². The number of nitriles is 3. The molecule has 0 amide bonds. The molecule has 0 spiro atoms. The molecule has 1 N–H and O–H groups in total. The number of hydrogen-bond donors (Lipinski definition) is 1. The number of para-hydroxylation sites is 1. The number of rotatable bonds is 4. The minimum Gasteiger partial charge on any atom is -0.344 e. The Labute approximate surface area is 110 Å². The van der Waals surface area contributed by atoms with Gasteiger partial charge >= 0.3 is 0 Å². The van der Waals surface area contributed by atoms with E-state index in [9.17, 15) is 0 Å². The molecule has 0 aliphatic carbocycles. The fourth-order valence-electron chi connectivity index (χ4n) is 1.27. The number of benzene rings is 1. The Balaban J connectivity index is 3.13. The van der Waals surface area contributed by atoms with Crippen molar-refractivity contribution >= 4 is 17.4 Å². The van der Waals surface area contributed by atoms with Gasteiger partial charge in [0.2, 0.25) is 0 Å². The Morgan fingerprint density at radius 3 is 2.39 bits per heavy atom. The van der Waals surface area contributed by atoms with Crippen LogP contribution in [0.3, 0.4) is 0 Å². The molecule has 0 aromatic heterocycles. The molecule has 0 aliphatic heterocycles. The van der Waals surface area contributed by atoms with Crippen molar-refractivity contribution in [2.75, 3.05) is 11.1 Å². The maximum atomic E-state index is 8.96. The van der Waals surface area contributed by atoms with Gasteiger partial charge in [-0.25, -0.2) is 0 Å². The Hall–Kier alpha value is -2.42. The minimum atomic E-state index is -0.214. The van der Waals surface area contributed by atoms with E-state index in [1.807, 2.05) is 37.3 Å². The van der Waals surface area contributed by atoms with Gasteiger partial charge in [0.25, 0.3) is 0 Å². The molecular weight excluding hydrogens is 244 g/mol. The maximum Gasteiger partial charge on any atom is 0.163 e. The highest BCUT2D eigenvalue weighted by molar-refractivity contribution is 7.99. The highest BCUT2D eigenvalue weighted by Gasteiger charge is 2.08. The molecule has 0 heterocycles. The third kappa shape index (κ3) is 3.28. The molecule has 0 saturated carbocycles. The quantitative estimate of drug-likeness (QED) is 0.659. The molecule has 18 heavy (non-hydrogen) atoms. The van der Waals surface area contributed by atoms with Crippen molar-refractivity contribution in [1.29, 1.82) is 15.8 Å². The van der Waals surface area contributed by atoms with Gasteiger partial charge in [-0.3, -0.25) is 0 Å². The Bertz CT molecular complexity index is 568. The average Bonchev–Trinajstić information content (AvgIpc) is 2.41. The van der Waals surface area contributed by atoms with Gasteiger partial charge in [0.1, 0.15) is 23.9 Å². The van der Waals surface area contributed by atoms with Crippen LogP contribution < -0.4 is 5.32 Å². The molecule has 0 saturated heterocycles. The number of anilines is 1. The van der Waals surface area contributed by atoms with Gasteiger partial charge < -0.3 is 5.32 Å². The first-order chi connectivity index (χ1) is 8.76. The predicted octanol–water partition coefficient (Wildman–Crippen LogP) is 3.04. The van der Waals surface area contributed by atoms with Gasteiger partial charge in [-0.2, -0.15) is 15.8 Å². The van der Waals surface area contributed by atoms with E-state index < -0.39 is 0 Å². The van der Waals surface area contributed by atoms with E-state index in [2.05, 4.69) is 5.32 Å². The van der Waals surface area contributed by atoms with Crippen LogP contribution in [-0.2, 0) is 0 Å². The zero-order valence-electron chi connectivity index (χ0n) is 9.77. The molecule has 0 aliphatic rings. The zero-order chi connectivity index (χ0) is 13.4.